The Morgan fingerprint density at radius 3 is 1.78 bits per heavy atom. The van der Waals surface area contributed by atoms with Crippen LogP contribution in [0.5, 0.6) is 0 Å². The molecule has 7 aromatic carbocycles. The van der Waals surface area contributed by atoms with Crippen molar-refractivity contribution in [2.24, 2.45) is 0 Å². The van der Waals surface area contributed by atoms with E-state index in [-0.39, 0.29) is 101 Å². The minimum atomic E-state index is -0.689. The molecule has 0 fully saturated rings. The number of furan rings is 1. The molecule has 1 heteroatoms. The van der Waals surface area contributed by atoms with Gasteiger partial charge < -0.3 is 4.42 Å². The summed E-state index contributed by atoms with van der Waals surface area (Å²) >= 11 is 0. The molecule has 0 aliphatic rings. The molecule has 0 bridgehead atoms. The highest BCUT2D eigenvalue weighted by Crippen LogP contribution is 2.45. The zero-order chi connectivity index (χ0) is 40.0. The van der Waals surface area contributed by atoms with E-state index in [1.54, 1.807) is 0 Å². The molecule has 1 aromatic heterocycles. The first-order valence-corrected chi connectivity index (χ1v) is 11.2. The molecule has 0 N–H and O–H groups in total. The lowest BCUT2D eigenvalue weighted by Gasteiger charge is -2.18. The molecule has 37 heavy (non-hydrogen) atoms. The van der Waals surface area contributed by atoms with E-state index >= 15 is 0 Å². The van der Waals surface area contributed by atoms with Gasteiger partial charge in [0.05, 0.1) is 24.7 Å². The van der Waals surface area contributed by atoms with E-state index in [4.69, 9.17) is 26.3 Å². The number of hydrogen-bond donors (Lipinski definition) is 0. The van der Waals surface area contributed by atoms with Crippen LogP contribution in [0.4, 0.5) is 0 Å². The van der Waals surface area contributed by atoms with Crippen LogP contribution in [0.25, 0.3) is 76.5 Å². The molecule has 0 saturated heterocycles. The molecule has 0 saturated carbocycles. The third-order valence-corrected chi connectivity index (χ3v) is 6.39. The van der Waals surface area contributed by atoms with Crippen molar-refractivity contribution in [3.8, 4) is 22.3 Å². The van der Waals surface area contributed by atoms with Crippen LogP contribution in [-0.4, -0.2) is 0 Å². The Hall–Kier alpha value is -4.88. The van der Waals surface area contributed by atoms with Crippen LogP contribution in [0.2, 0.25) is 0 Å². The van der Waals surface area contributed by atoms with Gasteiger partial charge in [0.2, 0.25) is 0 Å². The van der Waals surface area contributed by atoms with Crippen LogP contribution in [0.1, 0.15) is 24.7 Å². The van der Waals surface area contributed by atoms with E-state index in [1.807, 2.05) is 0 Å². The zero-order valence-corrected chi connectivity index (χ0v) is 18.7. The Kier molecular flexibility index (Phi) is 2.01. The van der Waals surface area contributed by atoms with Crippen LogP contribution in [-0.2, 0) is 0 Å². The molecule has 1 heterocycles. The zero-order valence-electron chi connectivity index (χ0n) is 36.7. The number of fused-ring (bicyclic) bond motifs is 6. The Morgan fingerprint density at radius 2 is 1.03 bits per heavy atom. The van der Waals surface area contributed by atoms with E-state index in [2.05, 4.69) is 0 Å². The standard InChI is InChI=1S/C36H22O/c1-2-12-25-23(10-1)11-9-18-28(25)36-31-16-5-3-14-29(31)35(30-15-4-6-17-32(30)36)24-20-21-27-26-13-7-8-19-33(26)37-34(27)22-24/h1-22H/i1D,2D,3D,4D,5D,6D,7D,8D,9D,10D,11D,12D,13D,18D,19D,20D,21D,22D. The van der Waals surface area contributed by atoms with E-state index in [0.29, 0.717) is 0 Å². The molecule has 0 unspecified atom stereocenters. The van der Waals surface area contributed by atoms with Crippen LogP contribution in [0.15, 0.2) is 137 Å². The lowest BCUT2D eigenvalue weighted by atomic mass is 9.84. The monoisotopic (exact) mass is 488 g/mol. The summed E-state index contributed by atoms with van der Waals surface area (Å²) in [4.78, 5) is 0. The van der Waals surface area contributed by atoms with Gasteiger partial charge in [0.1, 0.15) is 11.2 Å². The van der Waals surface area contributed by atoms with Gasteiger partial charge >= 0.3 is 0 Å². The summed E-state index contributed by atoms with van der Waals surface area (Å²) in [5.74, 6) is 0. The Balaban J connectivity index is 1.67. The van der Waals surface area contributed by atoms with Crippen LogP contribution < -0.4 is 0 Å². The van der Waals surface area contributed by atoms with Gasteiger partial charge in [-0.1, -0.05) is 115 Å². The maximum Gasteiger partial charge on any atom is 0.136 e. The molecular weight excluding hydrogens is 448 g/mol. The van der Waals surface area contributed by atoms with Crippen molar-refractivity contribution < 1.29 is 29.1 Å². The fourth-order valence-electron chi connectivity index (χ4n) is 4.84. The van der Waals surface area contributed by atoms with Gasteiger partial charge in [-0.05, 0) is 72.7 Å². The van der Waals surface area contributed by atoms with Crippen molar-refractivity contribution in [1.82, 2.24) is 0 Å². The largest absolute Gasteiger partial charge is 0.456 e. The topological polar surface area (TPSA) is 13.1 Å². The highest BCUT2D eigenvalue weighted by atomic mass is 16.3. The predicted octanol–water partition coefficient (Wildman–Crippen LogP) is 10.4. The number of hydrogen-bond acceptors (Lipinski definition) is 1. The van der Waals surface area contributed by atoms with Gasteiger partial charge in [-0.2, -0.15) is 0 Å². The summed E-state index contributed by atoms with van der Waals surface area (Å²) in [5, 5.41) is -0.975. The highest BCUT2D eigenvalue weighted by Gasteiger charge is 2.18. The fourth-order valence-corrected chi connectivity index (χ4v) is 4.84. The second-order valence-corrected chi connectivity index (χ2v) is 8.32. The summed E-state index contributed by atoms with van der Waals surface area (Å²) in [7, 11) is 0. The lowest BCUT2D eigenvalue weighted by Crippen LogP contribution is -1.91. The van der Waals surface area contributed by atoms with Gasteiger partial charge in [0, 0.05) is 10.8 Å². The first-order chi connectivity index (χ1) is 25.8. The van der Waals surface area contributed by atoms with Gasteiger partial charge in [0.25, 0.3) is 0 Å². The predicted molar refractivity (Wildman–Crippen MR) is 157 cm³/mol. The number of rotatable bonds is 2. The van der Waals surface area contributed by atoms with E-state index in [9.17, 15) is 2.74 Å². The molecule has 8 rings (SSSR count). The van der Waals surface area contributed by atoms with Crippen LogP contribution >= 0.6 is 0 Å². The summed E-state index contributed by atoms with van der Waals surface area (Å²) < 4.78 is 162. The second-order valence-electron chi connectivity index (χ2n) is 8.32. The maximum absolute atomic E-state index is 9.40. The van der Waals surface area contributed by atoms with Gasteiger partial charge in [-0.15, -0.1) is 0 Å². The molecule has 0 spiro atoms. The minimum Gasteiger partial charge on any atom is -0.456 e. The smallest absolute Gasteiger partial charge is 0.136 e. The van der Waals surface area contributed by atoms with Crippen molar-refractivity contribution in [2.75, 3.05) is 0 Å². The minimum absolute atomic E-state index is 0.0228. The molecule has 8 aromatic rings. The Bertz CT molecular complexity index is 3050. The van der Waals surface area contributed by atoms with Gasteiger partial charge in [0.15, 0.2) is 0 Å². The molecule has 0 aliphatic heterocycles. The fraction of sp³-hybridized carbons (Fsp3) is 0. The Labute approximate surface area is 239 Å². The van der Waals surface area contributed by atoms with E-state index in [0.717, 1.165) is 0 Å². The van der Waals surface area contributed by atoms with Crippen LogP contribution in [0, 0.1) is 0 Å². The number of para-hydroxylation sites is 1. The second kappa shape index (κ2) is 7.81. The first kappa shape index (κ1) is 9.53. The number of benzene rings is 7. The van der Waals surface area contributed by atoms with E-state index in [1.165, 1.54) is 24.3 Å². The van der Waals surface area contributed by atoms with Crippen LogP contribution in [0.3, 0.4) is 0 Å². The van der Waals surface area contributed by atoms with Crippen molar-refractivity contribution >= 4 is 54.3 Å². The molecule has 1 nitrogen and oxygen atoms in total. The highest BCUT2D eigenvalue weighted by molar-refractivity contribution is 6.24. The molecule has 172 valence electrons. The van der Waals surface area contributed by atoms with Crippen molar-refractivity contribution in [1.29, 1.82) is 0 Å². The summed E-state index contributed by atoms with van der Waals surface area (Å²) in [6.45, 7) is 0. The lowest BCUT2D eigenvalue weighted by molar-refractivity contribution is 0.669. The quantitative estimate of drug-likeness (QED) is 0.221. The van der Waals surface area contributed by atoms with Gasteiger partial charge in [-0.25, -0.2) is 0 Å². The molecular formula is C36H22O. The van der Waals surface area contributed by atoms with Crippen molar-refractivity contribution in [3.05, 3.63) is 133 Å². The third kappa shape index (κ3) is 2.98. The average molecular weight is 489 g/mol. The Morgan fingerprint density at radius 1 is 0.432 bits per heavy atom. The van der Waals surface area contributed by atoms with Crippen molar-refractivity contribution in [2.45, 2.75) is 0 Å². The molecule has 0 atom stereocenters. The first-order valence-electron chi connectivity index (χ1n) is 20.2. The van der Waals surface area contributed by atoms with Crippen molar-refractivity contribution in [3.63, 3.8) is 0 Å². The summed E-state index contributed by atoms with van der Waals surface area (Å²) in [6, 6.07) is -5.09. The molecule has 0 amide bonds. The SMILES string of the molecule is [2H]c1cc2c(-c3c([2H])c([2H])c4c(oc5c([2H])c([2H])c([2H])c([2H])c54)c3[2H])c3cc([2H])c([2H])cc3c(-c3c([2H])c([2H])c([2H])c4c([2H])c([2H])c([2H])c([2H])c34)c2cc1[2H]. The average Bonchev–Trinajstić information content (AvgIpc) is 3.56. The maximum atomic E-state index is 9.40. The molecule has 0 aliphatic carbocycles. The summed E-state index contributed by atoms with van der Waals surface area (Å²) in [6.07, 6.45) is 0. The third-order valence-electron chi connectivity index (χ3n) is 6.39. The van der Waals surface area contributed by atoms with E-state index < -0.39 is 84.6 Å². The van der Waals surface area contributed by atoms with Gasteiger partial charge in [-0.3, -0.25) is 0 Å². The summed E-state index contributed by atoms with van der Waals surface area (Å²) in [5.41, 5.74) is -1.32. The normalized spacial score (nSPS) is 18.6. The molecule has 0 radical (unpaired) electrons.